The average Bonchev–Trinajstić information content (AvgIpc) is 2.76. The van der Waals surface area contributed by atoms with Gasteiger partial charge in [0.15, 0.2) is 0 Å². The standard InChI is InChI=1S/C12H20N4O/c17-12(4-2-1-3-5-12)9-15-6-7-16-10-13-14-11(16)8-15/h10,17H,1-9H2. The highest BCUT2D eigenvalue weighted by Gasteiger charge is 2.32. The van der Waals surface area contributed by atoms with Gasteiger partial charge in [-0.2, -0.15) is 0 Å². The van der Waals surface area contributed by atoms with E-state index in [2.05, 4.69) is 19.7 Å². The summed E-state index contributed by atoms with van der Waals surface area (Å²) in [6, 6.07) is 0. The second-order valence-electron chi connectivity index (χ2n) is 5.44. The molecular formula is C12H20N4O. The number of rotatable bonds is 2. The van der Waals surface area contributed by atoms with Crippen LogP contribution in [0.4, 0.5) is 0 Å². The van der Waals surface area contributed by atoms with Gasteiger partial charge in [0.1, 0.15) is 12.2 Å². The third-order valence-corrected chi connectivity index (χ3v) is 4.02. The van der Waals surface area contributed by atoms with E-state index in [1.165, 1.54) is 19.3 Å². The van der Waals surface area contributed by atoms with Crippen molar-refractivity contribution in [2.75, 3.05) is 13.1 Å². The van der Waals surface area contributed by atoms with E-state index in [9.17, 15) is 5.11 Å². The zero-order chi connectivity index (χ0) is 11.7. The van der Waals surface area contributed by atoms with E-state index in [0.717, 1.165) is 44.8 Å². The van der Waals surface area contributed by atoms with E-state index in [-0.39, 0.29) is 0 Å². The van der Waals surface area contributed by atoms with Gasteiger partial charge < -0.3 is 9.67 Å². The Hall–Kier alpha value is -0.940. The van der Waals surface area contributed by atoms with Crippen molar-refractivity contribution in [2.45, 2.75) is 50.8 Å². The Bertz CT molecular complexity index is 384. The maximum Gasteiger partial charge on any atom is 0.147 e. The molecular weight excluding hydrogens is 216 g/mol. The quantitative estimate of drug-likeness (QED) is 0.825. The van der Waals surface area contributed by atoms with Gasteiger partial charge in [-0.05, 0) is 12.8 Å². The number of aliphatic hydroxyl groups is 1. The lowest BCUT2D eigenvalue weighted by Crippen LogP contribution is -2.46. The summed E-state index contributed by atoms with van der Waals surface area (Å²) in [7, 11) is 0. The van der Waals surface area contributed by atoms with Crippen LogP contribution in [0.1, 0.15) is 37.9 Å². The molecule has 0 bridgehead atoms. The molecule has 1 aliphatic heterocycles. The van der Waals surface area contributed by atoms with Crippen LogP contribution in [0.25, 0.3) is 0 Å². The predicted molar refractivity (Wildman–Crippen MR) is 63.3 cm³/mol. The SMILES string of the molecule is OC1(CN2CCn3cnnc3C2)CCCCC1. The third-order valence-electron chi connectivity index (χ3n) is 4.02. The van der Waals surface area contributed by atoms with Crippen LogP contribution < -0.4 is 0 Å². The van der Waals surface area contributed by atoms with Gasteiger partial charge in [0.25, 0.3) is 0 Å². The zero-order valence-electron chi connectivity index (χ0n) is 10.2. The van der Waals surface area contributed by atoms with Gasteiger partial charge in [-0.3, -0.25) is 4.90 Å². The fourth-order valence-electron chi connectivity index (χ4n) is 3.04. The van der Waals surface area contributed by atoms with Gasteiger partial charge in [-0.15, -0.1) is 10.2 Å². The van der Waals surface area contributed by atoms with Gasteiger partial charge in [0.05, 0.1) is 12.1 Å². The van der Waals surface area contributed by atoms with E-state index >= 15 is 0 Å². The van der Waals surface area contributed by atoms with Crippen LogP contribution in [-0.2, 0) is 13.1 Å². The number of β-amino-alcohol motifs (C(OH)–C–C–N with tert-alkyl or cyclic N) is 1. The number of aromatic nitrogens is 3. The maximum atomic E-state index is 10.5. The minimum Gasteiger partial charge on any atom is -0.389 e. The molecule has 0 spiro atoms. The molecule has 2 heterocycles. The Morgan fingerprint density at radius 1 is 1.24 bits per heavy atom. The summed E-state index contributed by atoms with van der Waals surface area (Å²) >= 11 is 0. The molecule has 17 heavy (non-hydrogen) atoms. The molecule has 1 aromatic rings. The number of hydrogen-bond donors (Lipinski definition) is 1. The number of hydrogen-bond acceptors (Lipinski definition) is 4. The first kappa shape index (κ1) is 11.2. The fourth-order valence-corrected chi connectivity index (χ4v) is 3.04. The minimum absolute atomic E-state index is 0.458. The molecule has 1 saturated carbocycles. The Morgan fingerprint density at radius 3 is 2.88 bits per heavy atom. The van der Waals surface area contributed by atoms with Crippen LogP contribution in [0.15, 0.2) is 6.33 Å². The molecule has 1 N–H and O–H groups in total. The minimum atomic E-state index is -0.458. The molecule has 0 saturated heterocycles. The monoisotopic (exact) mass is 236 g/mol. The summed E-state index contributed by atoms with van der Waals surface area (Å²) in [5.74, 6) is 1.02. The van der Waals surface area contributed by atoms with Crippen LogP contribution in [0.3, 0.4) is 0 Å². The first-order valence-electron chi connectivity index (χ1n) is 6.57. The van der Waals surface area contributed by atoms with Gasteiger partial charge in [0.2, 0.25) is 0 Å². The predicted octanol–water partition coefficient (Wildman–Crippen LogP) is 0.789. The van der Waals surface area contributed by atoms with E-state index in [1.54, 1.807) is 6.33 Å². The largest absolute Gasteiger partial charge is 0.389 e. The first-order chi connectivity index (χ1) is 8.25. The van der Waals surface area contributed by atoms with Gasteiger partial charge >= 0.3 is 0 Å². The van der Waals surface area contributed by atoms with Crippen molar-refractivity contribution in [1.29, 1.82) is 0 Å². The van der Waals surface area contributed by atoms with Gasteiger partial charge in [-0.1, -0.05) is 19.3 Å². The normalized spacial score (nSPS) is 24.5. The lowest BCUT2D eigenvalue weighted by Gasteiger charge is -2.38. The Balaban J connectivity index is 1.63. The summed E-state index contributed by atoms with van der Waals surface area (Å²) in [5.41, 5.74) is -0.458. The molecule has 0 radical (unpaired) electrons. The number of nitrogens with zero attached hydrogens (tertiary/aromatic N) is 4. The Kier molecular flexibility index (Phi) is 2.88. The van der Waals surface area contributed by atoms with Crippen molar-refractivity contribution >= 4 is 0 Å². The molecule has 94 valence electrons. The van der Waals surface area contributed by atoms with Crippen LogP contribution in [-0.4, -0.2) is 43.5 Å². The van der Waals surface area contributed by atoms with Crippen molar-refractivity contribution in [3.8, 4) is 0 Å². The van der Waals surface area contributed by atoms with Crippen molar-refractivity contribution in [1.82, 2.24) is 19.7 Å². The van der Waals surface area contributed by atoms with E-state index in [0.29, 0.717) is 0 Å². The highest BCUT2D eigenvalue weighted by atomic mass is 16.3. The summed E-state index contributed by atoms with van der Waals surface area (Å²) in [4.78, 5) is 2.31. The molecule has 1 fully saturated rings. The van der Waals surface area contributed by atoms with E-state index in [1.807, 2.05) is 0 Å². The highest BCUT2D eigenvalue weighted by molar-refractivity contribution is 4.93. The summed E-state index contributed by atoms with van der Waals surface area (Å²) in [6.07, 6.45) is 7.31. The van der Waals surface area contributed by atoms with Gasteiger partial charge in [-0.25, -0.2) is 0 Å². The molecule has 1 aliphatic carbocycles. The fraction of sp³-hybridized carbons (Fsp3) is 0.833. The molecule has 0 amide bonds. The molecule has 2 aliphatic rings. The smallest absolute Gasteiger partial charge is 0.147 e. The topological polar surface area (TPSA) is 54.2 Å². The lowest BCUT2D eigenvalue weighted by atomic mass is 9.84. The molecule has 5 nitrogen and oxygen atoms in total. The van der Waals surface area contributed by atoms with Crippen LogP contribution in [0.5, 0.6) is 0 Å². The van der Waals surface area contributed by atoms with Crippen LogP contribution in [0.2, 0.25) is 0 Å². The van der Waals surface area contributed by atoms with Crippen LogP contribution in [0, 0.1) is 0 Å². The van der Waals surface area contributed by atoms with Crippen LogP contribution >= 0.6 is 0 Å². The molecule has 5 heteroatoms. The molecule has 0 unspecified atom stereocenters. The lowest BCUT2D eigenvalue weighted by molar-refractivity contribution is -0.0319. The third kappa shape index (κ3) is 2.35. The molecule has 3 rings (SSSR count). The van der Waals surface area contributed by atoms with Crippen molar-refractivity contribution in [3.63, 3.8) is 0 Å². The highest BCUT2D eigenvalue weighted by Crippen LogP contribution is 2.29. The summed E-state index contributed by atoms with van der Waals surface area (Å²) in [5, 5.41) is 18.6. The summed E-state index contributed by atoms with van der Waals surface area (Å²) < 4.78 is 2.10. The van der Waals surface area contributed by atoms with E-state index in [4.69, 9.17) is 0 Å². The molecule has 1 aromatic heterocycles. The molecule has 0 atom stereocenters. The van der Waals surface area contributed by atoms with E-state index < -0.39 is 5.60 Å². The van der Waals surface area contributed by atoms with Crippen molar-refractivity contribution < 1.29 is 5.11 Å². The number of fused-ring (bicyclic) bond motifs is 1. The molecule has 0 aromatic carbocycles. The second-order valence-corrected chi connectivity index (χ2v) is 5.44. The Labute approximate surface area is 101 Å². The second kappa shape index (κ2) is 4.38. The maximum absolute atomic E-state index is 10.5. The van der Waals surface area contributed by atoms with Crippen molar-refractivity contribution in [2.24, 2.45) is 0 Å². The zero-order valence-corrected chi connectivity index (χ0v) is 10.2. The average molecular weight is 236 g/mol. The first-order valence-corrected chi connectivity index (χ1v) is 6.57. The summed E-state index contributed by atoms with van der Waals surface area (Å²) in [6.45, 7) is 3.55. The van der Waals surface area contributed by atoms with Crippen molar-refractivity contribution in [3.05, 3.63) is 12.2 Å². The van der Waals surface area contributed by atoms with Gasteiger partial charge in [0, 0.05) is 19.6 Å². The Morgan fingerprint density at radius 2 is 2.06 bits per heavy atom.